The third-order valence-corrected chi connectivity index (χ3v) is 4.99. The van der Waals surface area contributed by atoms with E-state index in [0.717, 1.165) is 64.7 Å². The Morgan fingerprint density at radius 3 is 2.67 bits per heavy atom. The molecule has 2 aliphatic heterocycles. The predicted molar refractivity (Wildman–Crippen MR) is 120 cm³/mol. The van der Waals surface area contributed by atoms with Crippen molar-refractivity contribution < 1.29 is 9.47 Å². The van der Waals surface area contributed by atoms with Gasteiger partial charge in [-0.05, 0) is 18.4 Å². The van der Waals surface area contributed by atoms with Crippen LogP contribution in [0.15, 0.2) is 35.3 Å². The number of ether oxygens (including phenoxy) is 2. The van der Waals surface area contributed by atoms with E-state index in [1.807, 2.05) is 7.05 Å². The lowest BCUT2D eigenvalue weighted by Gasteiger charge is -2.36. The van der Waals surface area contributed by atoms with Crippen LogP contribution in [0.25, 0.3) is 0 Å². The number of hydrogen-bond donors (Lipinski definition) is 1. The van der Waals surface area contributed by atoms with E-state index in [-0.39, 0.29) is 24.0 Å². The molecule has 2 heterocycles. The third-order valence-electron chi connectivity index (χ3n) is 4.99. The van der Waals surface area contributed by atoms with Crippen molar-refractivity contribution in [3.63, 3.8) is 0 Å². The molecule has 2 fully saturated rings. The molecule has 0 bridgehead atoms. The van der Waals surface area contributed by atoms with Crippen LogP contribution in [0.4, 0.5) is 0 Å². The van der Waals surface area contributed by atoms with Gasteiger partial charge in [-0.2, -0.15) is 0 Å². The van der Waals surface area contributed by atoms with Crippen LogP contribution in [0.3, 0.4) is 0 Å². The Bertz CT molecular complexity index is 544. The molecule has 0 aromatic heterocycles. The molecule has 27 heavy (non-hydrogen) atoms. The highest BCUT2D eigenvalue weighted by Gasteiger charge is 2.19. The van der Waals surface area contributed by atoms with E-state index < -0.39 is 0 Å². The first kappa shape index (κ1) is 22.4. The molecule has 2 saturated heterocycles. The van der Waals surface area contributed by atoms with Gasteiger partial charge in [0, 0.05) is 52.9 Å². The largest absolute Gasteiger partial charge is 0.377 e. The molecular weight excluding hydrogens is 455 g/mol. The second-order valence-corrected chi connectivity index (χ2v) is 6.93. The SMILES string of the molecule is CN=C(NCCOCC1CCCO1)N1CCN(Cc2ccccc2)CC1.I. The molecule has 1 atom stereocenters. The number of aliphatic imine (C=N–C) groups is 1. The van der Waals surface area contributed by atoms with Crippen molar-refractivity contribution in [3.8, 4) is 0 Å². The van der Waals surface area contributed by atoms with E-state index >= 15 is 0 Å². The van der Waals surface area contributed by atoms with Crippen molar-refractivity contribution >= 4 is 29.9 Å². The van der Waals surface area contributed by atoms with Crippen LogP contribution in [-0.2, 0) is 16.0 Å². The van der Waals surface area contributed by atoms with Crippen LogP contribution in [-0.4, -0.2) is 81.5 Å². The molecule has 6 nitrogen and oxygen atoms in total. The Labute approximate surface area is 180 Å². The summed E-state index contributed by atoms with van der Waals surface area (Å²) < 4.78 is 11.3. The maximum atomic E-state index is 5.71. The fraction of sp³-hybridized carbons (Fsp3) is 0.650. The Balaban J connectivity index is 0.00000261. The molecule has 0 aliphatic carbocycles. The van der Waals surface area contributed by atoms with Gasteiger partial charge in [0.1, 0.15) is 0 Å². The number of hydrogen-bond acceptors (Lipinski definition) is 4. The molecule has 0 spiro atoms. The Hall–Kier alpha value is -0.900. The Morgan fingerprint density at radius 1 is 1.22 bits per heavy atom. The second-order valence-electron chi connectivity index (χ2n) is 6.93. The number of nitrogens with zero attached hydrogens (tertiary/aromatic N) is 3. The van der Waals surface area contributed by atoms with E-state index in [4.69, 9.17) is 9.47 Å². The minimum absolute atomic E-state index is 0. The topological polar surface area (TPSA) is 49.3 Å². The summed E-state index contributed by atoms with van der Waals surface area (Å²) in [5, 5.41) is 3.42. The number of halogens is 1. The van der Waals surface area contributed by atoms with Gasteiger partial charge in [-0.3, -0.25) is 9.89 Å². The van der Waals surface area contributed by atoms with Crippen LogP contribution >= 0.6 is 24.0 Å². The molecule has 1 aromatic carbocycles. The summed E-state index contributed by atoms with van der Waals surface area (Å²) in [4.78, 5) is 9.27. The molecule has 1 N–H and O–H groups in total. The Morgan fingerprint density at radius 2 is 2.00 bits per heavy atom. The zero-order valence-corrected chi connectivity index (χ0v) is 18.6. The highest BCUT2D eigenvalue weighted by atomic mass is 127. The fourth-order valence-electron chi connectivity index (χ4n) is 3.52. The lowest BCUT2D eigenvalue weighted by molar-refractivity contribution is 0.0189. The van der Waals surface area contributed by atoms with Crippen LogP contribution in [0.1, 0.15) is 18.4 Å². The maximum Gasteiger partial charge on any atom is 0.193 e. The summed E-state index contributed by atoms with van der Waals surface area (Å²) in [7, 11) is 1.85. The van der Waals surface area contributed by atoms with Crippen LogP contribution < -0.4 is 5.32 Å². The van der Waals surface area contributed by atoms with Gasteiger partial charge in [0.15, 0.2) is 5.96 Å². The number of guanidine groups is 1. The maximum absolute atomic E-state index is 5.71. The van der Waals surface area contributed by atoms with Crippen molar-refractivity contribution in [1.29, 1.82) is 0 Å². The first-order chi connectivity index (χ1) is 12.8. The first-order valence-electron chi connectivity index (χ1n) is 9.76. The summed E-state index contributed by atoms with van der Waals surface area (Å²) in [6, 6.07) is 10.7. The molecule has 3 rings (SSSR count). The van der Waals surface area contributed by atoms with Crippen molar-refractivity contribution in [2.75, 3.05) is 59.6 Å². The average Bonchev–Trinajstić information content (AvgIpc) is 3.20. The molecule has 2 aliphatic rings. The minimum atomic E-state index is 0. The molecule has 152 valence electrons. The fourth-order valence-corrected chi connectivity index (χ4v) is 3.52. The van der Waals surface area contributed by atoms with Gasteiger partial charge in [0.25, 0.3) is 0 Å². The van der Waals surface area contributed by atoms with E-state index in [1.165, 1.54) is 5.56 Å². The van der Waals surface area contributed by atoms with Crippen molar-refractivity contribution in [3.05, 3.63) is 35.9 Å². The molecule has 0 amide bonds. The van der Waals surface area contributed by atoms with Gasteiger partial charge in [-0.1, -0.05) is 30.3 Å². The highest BCUT2D eigenvalue weighted by molar-refractivity contribution is 14.0. The average molecular weight is 488 g/mol. The van der Waals surface area contributed by atoms with Crippen molar-refractivity contribution in [1.82, 2.24) is 15.1 Å². The van der Waals surface area contributed by atoms with Gasteiger partial charge < -0.3 is 19.7 Å². The standard InChI is InChI=1S/C20H32N4O2.HI/c1-21-20(22-9-15-25-17-19-8-5-14-26-19)24-12-10-23(11-13-24)16-18-6-3-2-4-7-18;/h2-4,6-7,19H,5,8-17H2,1H3,(H,21,22);1H. The predicted octanol–water partition coefficient (Wildman–Crippen LogP) is 2.19. The number of rotatable bonds is 7. The number of piperazine rings is 1. The molecule has 1 aromatic rings. The normalized spacial score (nSPS) is 21.1. The second kappa shape index (κ2) is 12.5. The smallest absolute Gasteiger partial charge is 0.193 e. The summed E-state index contributed by atoms with van der Waals surface area (Å²) >= 11 is 0. The summed E-state index contributed by atoms with van der Waals surface area (Å²) in [6.45, 7) is 8.21. The van der Waals surface area contributed by atoms with E-state index in [2.05, 4.69) is 50.4 Å². The van der Waals surface area contributed by atoms with Crippen molar-refractivity contribution in [2.24, 2.45) is 4.99 Å². The lowest BCUT2D eigenvalue weighted by Crippen LogP contribution is -2.52. The van der Waals surface area contributed by atoms with E-state index in [9.17, 15) is 0 Å². The first-order valence-corrected chi connectivity index (χ1v) is 9.76. The third kappa shape index (κ3) is 7.56. The van der Waals surface area contributed by atoms with E-state index in [1.54, 1.807) is 0 Å². The molecular formula is C20H33IN4O2. The van der Waals surface area contributed by atoms with Crippen molar-refractivity contribution in [2.45, 2.75) is 25.5 Å². The van der Waals surface area contributed by atoms with Crippen LogP contribution in [0.2, 0.25) is 0 Å². The van der Waals surface area contributed by atoms with Gasteiger partial charge in [0.05, 0.1) is 19.3 Å². The van der Waals surface area contributed by atoms with Gasteiger partial charge >= 0.3 is 0 Å². The molecule has 0 saturated carbocycles. The number of nitrogens with one attached hydrogen (secondary N) is 1. The van der Waals surface area contributed by atoms with E-state index in [0.29, 0.717) is 19.3 Å². The lowest BCUT2D eigenvalue weighted by atomic mass is 10.2. The van der Waals surface area contributed by atoms with Crippen LogP contribution in [0, 0.1) is 0 Å². The van der Waals surface area contributed by atoms with Crippen LogP contribution in [0.5, 0.6) is 0 Å². The zero-order valence-electron chi connectivity index (χ0n) is 16.3. The summed E-state index contributed by atoms with van der Waals surface area (Å²) in [6.07, 6.45) is 2.59. The minimum Gasteiger partial charge on any atom is -0.377 e. The molecule has 0 radical (unpaired) electrons. The van der Waals surface area contributed by atoms with Gasteiger partial charge in [0.2, 0.25) is 0 Å². The highest BCUT2D eigenvalue weighted by Crippen LogP contribution is 2.11. The van der Waals surface area contributed by atoms with Gasteiger partial charge in [-0.25, -0.2) is 0 Å². The monoisotopic (exact) mass is 488 g/mol. The number of benzene rings is 1. The Kier molecular flexibility index (Phi) is 10.4. The zero-order chi connectivity index (χ0) is 18.0. The molecule has 1 unspecified atom stereocenters. The summed E-state index contributed by atoms with van der Waals surface area (Å²) in [5.74, 6) is 0.977. The van der Waals surface area contributed by atoms with Gasteiger partial charge in [-0.15, -0.1) is 24.0 Å². The quantitative estimate of drug-likeness (QED) is 0.276. The molecule has 7 heteroatoms. The summed E-state index contributed by atoms with van der Waals surface area (Å²) in [5.41, 5.74) is 1.38.